The molecular formula is C13H29NO. The minimum atomic E-state index is 0.109. The molecule has 0 saturated heterocycles. The molecule has 0 aromatic carbocycles. The molecule has 2 heteroatoms. The van der Waals surface area contributed by atoms with Gasteiger partial charge >= 0.3 is 0 Å². The molecular weight excluding hydrogens is 186 g/mol. The van der Waals surface area contributed by atoms with Gasteiger partial charge in [0.1, 0.15) is 0 Å². The van der Waals surface area contributed by atoms with E-state index in [0.717, 1.165) is 31.8 Å². The molecule has 0 rings (SSSR count). The molecule has 0 radical (unpaired) electrons. The fourth-order valence-corrected chi connectivity index (χ4v) is 1.77. The van der Waals surface area contributed by atoms with Gasteiger partial charge in [0.2, 0.25) is 0 Å². The predicted octanol–water partition coefficient (Wildman–Crippen LogP) is 2.81. The minimum Gasteiger partial charge on any atom is -0.396 e. The summed E-state index contributed by atoms with van der Waals surface area (Å²) in [7, 11) is 0. The first-order valence-electron chi connectivity index (χ1n) is 6.41. The molecule has 92 valence electrons. The first kappa shape index (κ1) is 14.9. The molecule has 0 aromatic heterocycles. The standard InChI is InChI=1S/C13H29NO/c1-5-13(6-2,11-15)10-14-9-7-8-12(3)4/h12,14-15H,5-11H2,1-4H3. The first-order valence-corrected chi connectivity index (χ1v) is 6.41. The Labute approximate surface area is 95.5 Å². The van der Waals surface area contributed by atoms with Gasteiger partial charge in [-0.3, -0.25) is 0 Å². The zero-order valence-electron chi connectivity index (χ0n) is 11.0. The van der Waals surface area contributed by atoms with Gasteiger partial charge in [-0.25, -0.2) is 0 Å². The molecule has 2 N–H and O–H groups in total. The smallest absolute Gasteiger partial charge is 0.0499 e. The molecule has 0 aromatic rings. The topological polar surface area (TPSA) is 32.3 Å². The van der Waals surface area contributed by atoms with Crippen LogP contribution in [-0.2, 0) is 0 Å². The third-order valence-electron chi connectivity index (χ3n) is 3.47. The Morgan fingerprint density at radius 1 is 1.20 bits per heavy atom. The van der Waals surface area contributed by atoms with Crippen molar-refractivity contribution in [1.82, 2.24) is 5.32 Å². The molecule has 0 aliphatic heterocycles. The highest BCUT2D eigenvalue weighted by Crippen LogP contribution is 2.24. The van der Waals surface area contributed by atoms with Gasteiger partial charge in [-0.05, 0) is 38.1 Å². The summed E-state index contributed by atoms with van der Waals surface area (Å²) in [6.07, 6.45) is 4.64. The van der Waals surface area contributed by atoms with Gasteiger partial charge in [0.05, 0.1) is 0 Å². The molecule has 2 nitrogen and oxygen atoms in total. The van der Waals surface area contributed by atoms with E-state index in [0.29, 0.717) is 6.61 Å². The third-order valence-corrected chi connectivity index (χ3v) is 3.47. The van der Waals surface area contributed by atoms with E-state index in [1.54, 1.807) is 0 Å². The summed E-state index contributed by atoms with van der Waals surface area (Å²) in [5, 5.41) is 12.9. The number of aliphatic hydroxyl groups is 1. The van der Waals surface area contributed by atoms with Gasteiger partial charge in [-0.15, -0.1) is 0 Å². The molecule has 0 aliphatic carbocycles. The van der Waals surface area contributed by atoms with Crippen molar-refractivity contribution in [3.8, 4) is 0 Å². The zero-order valence-corrected chi connectivity index (χ0v) is 11.0. The molecule has 0 fully saturated rings. The first-order chi connectivity index (χ1) is 7.10. The number of nitrogens with one attached hydrogen (secondary N) is 1. The van der Waals surface area contributed by atoms with E-state index in [1.165, 1.54) is 12.8 Å². The highest BCUT2D eigenvalue weighted by atomic mass is 16.3. The quantitative estimate of drug-likeness (QED) is 0.580. The highest BCUT2D eigenvalue weighted by Gasteiger charge is 2.24. The number of hydrogen-bond donors (Lipinski definition) is 2. The fourth-order valence-electron chi connectivity index (χ4n) is 1.77. The van der Waals surface area contributed by atoms with Crippen molar-refractivity contribution in [2.24, 2.45) is 11.3 Å². The van der Waals surface area contributed by atoms with Crippen molar-refractivity contribution in [3.05, 3.63) is 0 Å². The van der Waals surface area contributed by atoms with Crippen LogP contribution in [0.2, 0.25) is 0 Å². The molecule has 0 bridgehead atoms. The molecule has 0 spiro atoms. The summed E-state index contributed by atoms with van der Waals surface area (Å²) in [5.74, 6) is 0.798. The summed E-state index contributed by atoms with van der Waals surface area (Å²) in [4.78, 5) is 0. The van der Waals surface area contributed by atoms with Crippen LogP contribution in [0.25, 0.3) is 0 Å². The SMILES string of the molecule is CCC(CC)(CO)CNCCCC(C)C. The summed E-state index contributed by atoms with van der Waals surface area (Å²) < 4.78 is 0. The summed E-state index contributed by atoms with van der Waals surface area (Å²) in [5.41, 5.74) is 0.109. The normalized spacial score (nSPS) is 12.4. The second-order valence-electron chi connectivity index (χ2n) is 5.08. The van der Waals surface area contributed by atoms with E-state index >= 15 is 0 Å². The second-order valence-corrected chi connectivity index (χ2v) is 5.08. The van der Waals surface area contributed by atoms with Crippen molar-refractivity contribution in [3.63, 3.8) is 0 Å². The largest absolute Gasteiger partial charge is 0.396 e. The van der Waals surface area contributed by atoms with Crippen LogP contribution in [0.1, 0.15) is 53.4 Å². The zero-order chi connectivity index (χ0) is 11.7. The molecule has 0 unspecified atom stereocenters. The van der Waals surface area contributed by atoms with Gasteiger partial charge in [0, 0.05) is 18.6 Å². The van der Waals surface area contributed by atoms with Crippen LogP contribution in [0.3, 0.4) is 0 Å². The van der Waals surface area contributed by atoms with Crippen molar-refractivity contribution in [2.75, 3.05) is 19.7 Å². The fraction of sp³-hybridized carbons (Fsp3) is 1.00. The van der Waals surface area contributed by atoms with E-state index in [-0.39, 0.29) is 5.41 Å². The molecule has 0 heterocycles. The van der Waals surface area contributed by atoms with Crippen molar-refractivity contribution >= 4 is 0 Å². The maximum absolute atomic E-state index is 9.38. The number of hydrogen-bond acceptors (Lipinski definition) is 2. The van der Waals surface area contributed by atoms with Crippen LogP contribution in [0, 0.1) is 11.3 Å². The van der Waals surface area contributed by atoms with E-state index in [4.69, 9.17) is 0 Å². The Morgan fingerprint density at radius 2 is 1.80 bits per heavy atom. The maximum atomic E-state index is 9.38. The van der Waals surface area contributed by atoms with E-state index < -0.39 is 0 Å². The average molecular weight is 215 g/mol. The van der Waals surface area contributed by atoms with E-state index in [2.05, 4.69) is 33.0 Å². The molecule has 0 atom stereocenters. The minimum absolute atomic E-state index is 0.109. The van der Waals surface area contributed by atoms with Gasteiger partial charge in [0.15, 0.2) is 0 Å². The lowest BCUT2D eigenvalue weighted by atomic mass is 9.83. The third kappa shape index (κ3) is 6.16. The van der Waals surface area contributed by atoms with Gasteiger partial charge < -0.3 is 10.4 Å². The van der Waals surface area contributed by atoms with Crippen molar-refractivity contribution in [2.45, 2.75) is 53.4 Å². The lowest BCUT2D eigenvalue weighted by Gasteiger charge is -2.29. The Kier molecular flexibility index (Phi) is 8.07. The summed E-state index contributed by atoms with van der Waals surface area (Å²) in [6.45, 7) is 11.2. The monoisotopic (exact) mass is 215 g/mol. The highest BCUT2D eigenvalue weighted by molar-refractivity contribution is 4.78. The van der Waals surface area contributed by atoms with Gasteiger partial charge in [-0.1, -0.05) is 27.7 Å². The number of rotatable bonds is 9. The van der Waals surface area contributed by atoms with Crippen molar-refractivity contribution in [1.29, 1.82) is 0 Å². The molecule has 0 aliphatic rings. The van der Waals surface area contributed by atoms with Crippen LogP contribution in [-0.4, -0.2) is 24.8 Å². The maximum Gasteiger partial charge on any atom is 0.0499 e. The Morgan fingerprint density at radius 3 is 2.20 bits per heavy atom. The van der Waals surface area contributed by atoms with Crippen LogP contribution in [0.4, 0.5) is 0 Å². The Bertz CT molecular complexity index is 133. The Balaban J connectivity index is 3.63. The van der Waals surface area contributed by atoms with Crippen molar-refractivity contribution < 1.29 is 5.11 Å². The number of aliphatic hydroxyl groups excluding tert-OH is 1. The second kappa shape index (κ2) is 8.12. The van der Waals surface area contributed by atoms with Crippen LogP contribution >= 0.6 is 0 Å². The molecule has 0 amide bonds. The van der Waals surface area contributed by atoms with Gasteiger partial charge in [-0.2, -0.15) is 0 Å². The van der Waals surface area contributed by atoms with Crippen LogP contribution < -0.4 is 5.32 Å². The van der Waals surface area contributed by atoms with Gasteiger partial charge in [0.25, 0.3) is 0 Å². The van der Waals surface area contributed by atoms with E-state index in [9.17, 15) is 5.11 Å². The Hall–Kier alpha value is -0.0800. The summed E-state index contributed by atoms with van der Waals surface area (Å²) in [6, 6.07) is 0. The average Bonchev–Trinajstić information content (AvgIpc) is 2.24. The lowest BCUT2D eigenvalue weighted by Crippen LogP contribution is -2.36. The van der Waals surface area contributed by atoms with Crippen LogP contribution in [0.5, 0.6) is 0 Å². The summed E-state index contributed by atoms with van der Waals surface area (Å²) >= 11 is 0. The molecule has 0 saturated carbocycles. The lowest BCUT2D eigenvalue weighted by molar-refractivity contribution is 0.113. The van der Waals surface area contributed by atoms with Crippen LogP contribution in [0.15, 0.2) is 0 Å². The van der Waals surface area contributed by atoms with E-state index in [1.807, 2.05) is 0 Å². The molecule has 15 heavy (non-hydrogen) atoms. The predicted molar refractivity (Wildman–Crippen MR) is 67.0 cm³/mol.